The van der Waals surface area contributed by atoms with Crippen LogP contribution < -0.4 is 5.73 Å². The molecule has 0 saturated carbocycles. The van der Waals surface area contributed by atoms with Gasteiger partial charge in [0.05, 0.1) is 9.82 Å². The molecule has 0 amide bonds. The predicted octanol–water partition coefficient (Wildman–Crippen LogP) is 3.77. The largest absolute Gasteiger partial charge is 0.324 e. The lowest BCUT2D eigenvalue weighted by atomic mass is 10.1. The second kappa shape index (κ2) is 5.86. The maximum absolute atomic E-state index is 11.0. The summed E-state index contributed by atoms with van der Waals surface area (Å²) in [6, 6.07) is 14.4. The van der Waals surface area contributed by atoms with Gasteiger partial charge in [-0.25, -0.2) is 0 Å². The van der Waals surface area contributed by atoms with Crippen molar-refractivity contribution in [2.75, 3.05) is 0 Å². The Kier molecular flexibility index (Phi) is 4.19. The molecule has 0 fully saturated rings. The quantitative estimate of drug-likeness (QED) is 0.680. The Balaban J connectivity index is 2.31. The van der Waals surface area contributed by atoms with Crippen LogP contribution in [0, 0.1) is 10.1 Å². The van der Waals surface area contributed by atoms with Gasteiger partial charge in [-0.05, 0) is 30.7 Å². The molecule has 2 rings (SSSR count). The van der Waals surface area contributed by atoms with Crippen molar-refractivity contribution < 1.29 is 4.92 Å². The summed E-state index contributed by atoms with van der Waals surface area (Å²) in [5, 5.41) is 11.0. The van der Waals surface area contributed by atoms with Gasteiger partial charge in [0, 0.05) is 17.0 Å². The van der Waals surface area contributed by atoms with Gasteiger partial charge in [-0.2, -0.15) is 0 Å². The van der Waals surface area contributed by atoms with Gasteiger partial charge in [-0.3, -0.25) is 10.1 Å². The molecule has 0 bridgehead atoms. The van der Waals surface area contributed by atoms with E-state index >= 15 is 0 Å². The maximum Gasteiger partial charge on any atom is 0.283 e. The van der Waals surface area contributed by atoms with E-state index in [1.54, 1.807) is 18.2 Å². The van der Waals surface area contributed by atoms with E-state index in [1.807, 2.05) is 31.2 Å². The van der Waals surface area contributed by atoms with Crippen LogP contribution in [-0.4, -0.2) is 4.92 Å². The summed E-state index contributed by atoms with van der Waals surface area (Å²) in [4.78, 5) is 12.2. The van der Waals surface area contributed by atoms with Crippen molar-refractivity contribution in [1.82, 2.24) is 0 Å². The number of rotatable bonds is 4. The second-order valence-electron chi connectivity index (χ2n) is 4.19. The summed E-state index contributed by atoms with van der Waals surface area (Å²) in [7, 11) is 0. The summed E-state index contributed by atoms with van der Waals surface area (Å²) in [5.41, 5.74) is 6.98. The van der Waals surface area contributed by atoms with E-state index in [9.17, 15) is 10.1 Å². The minimum atomic E-state index is -0.363. The Hall–Kier alpha value is -1.85. The lowest BCUT2D eigenvalue weighted by Gasteiger charge is -2.08. The van der Waals surface area contributed by atoms with Crippen molar-refractivity contribution in [1.29, 1.82) is 0 Å². The van der Waals surface area contributed by atoms with Crippen LogP contribution in [0.1, 0.15) is 18.5 Å². The molecule has 0 aliphatic heterocycles. The number of nitro benzene ring substituents is 1. The van der Waals surface area contributed by atoms with Crippen LogP contribution in [0.15, 0.2) is 58.3 Å². The second-order valence-corrected chi connectivity index (χ2v) is 5.30. The zero-order chi connectivity index (χ0) is 13.8. The van der Waals surface area contributed by atoms with E-state index in [0.717, 1.165) is 10.5 Å². The normalized spacial score (nSPS) is 12.1. The van der Waals surface area contributed by atoms with Crippen LogP contribution in [-0.2, 0) is 0 Å². The predicted molar refractivity (Wildman–Crippen MR) is 76.3 cm³/mol. The Morgan fingerprint density at radius 3 is 2.63 bits per heavy atom. The van der Waals surface area contributed by atoms with Crippen molar-refractivity contribution in [3.63, 3.8) is 0 Å². The van der Waals surface area contributed by atoms with Crippen molar-refractivity contribution in [2.24, 2.45) is 5.73 Å². The molecule has 4 nitrogen and oxygen atoms in total. The Labute approximate surface area is 115 Å². The van der Waals surface area contributed by atoms with E-state index in [0.29, 0.717) is 4.90 Å². The molecule has 0 aliphatic rings. The zero-order valence-corrected chi connectivity index (χ0v) is 11.3. The first-order valence-corrected chi connectivity index (χ1v) is 6.66. The van der Waals surface area contributed by atoms with Gasteiger partial charge in [0.25, 0.3) is 5.69 Å². The third-order valence-electron chi connectivity index (χ3n) is 2.67. The highest BCUT2D eigenvalue weighted by Crippen LogP contribution is 2.35. The van der Waals surface area contributed by atoms with Gasteiger partial charge in [0.15, 0.2) is 0 Å². The molecule has 2 N–H and O–H groups in total. The van der Waals surface area contributed by atoms with Gasteiger partial charge in [0.2, 0.25) is 0 Å². The molecule has 19 heavy (non-hydrogen) atoms. The molecule has 0 spiro atoms. The highest BCUT2D eigenvalue weighted by Gasteiger charge is 2.13. The SMILES string of the molecule is C[C@@H](N)c1cccc(Sc2ccccc2[N+](=O)[O-])c1. The average Bonchev–Trinajstić information content (AvgIpc) is 2.39. The number of nitro groups is 1. The fourth-order valence-electron chi connectivity index (χ4n) is 1.68. The third-order valence-corrected chi connectivity index (χ3v) is 3.73. The first-order chi connectivity index (χ1) is 9.08. The molecule has 2 aromatic rings. The van der Waals surface area contributed by atoms with Crippen molar-refractivity contribution in [3.8, 4) is 0 Å². The molecule has 0 radical (unpaired) electrons. The summed E-state index contributed by atoms with van der Waals surface area (Å²) in [6.07, 6.45) is 0. The molecule has 1 atom stereocenters. The average molecular weight is 274 g/mol. The first-order valence-electron chi connectivity index (χ1n) is 5.85. The minimum Gasteiger partial charge on any atom is -0.324 e. The topological polar surface area (TPSA) is 69.2 Å². The Morgan fingerprint density at radius 1 is 1.21 bits per heavy atom. The highest BCUT2D eigenvalue weighted by molar-refractivity contribution is 7.99. The highest BCUT2D eigenvalue weighted by atomic mass is 32.2. The molecule has 0 heterocycles. The van der Waals surface area contributed by atoms with Crippen LogP contribution in [0.3, 0.4) is 0 Å². The summed E-state index contributed by atoms with van der Waals surface area (Å²) in [6.45, 7) is 1.91. The molecule has 5 heteroatoms. The molecule has 98 valence electrons. The van der Waals surface area contributed by atoms with Gasteiger partial charge in [-0.15, -0.1) is 0 Å². The standard InChI is InChI=1S/C14H14N2O2S/c1-10(15)11-5-4-6-12(9-11)19-14-8-3-2-7-13(14)16(17)18/h2-10H,15H2,1H3/t10-/m1/s1. The van der Waals surface area contributed by atoms with Gasteiger partial charge in [-0.1, -0.05) is 36.0 Å². The van der Waals surface area contributed by atoms with Crippen LogP contribution in [0.4, 0.5) is 5.69 Å². The molecular weight excluding hydrogens is 260 g/mol. The number of hydrogen-bond donors (Lipinski definition) is 1. The lowest BCUT2D eigenvalue weighted by molar-refractivity contribution is -0.387. The van der Waals surface area contributed by atoms with Crippen LogP contribution in [0.25, 0.3) is 0 Å². The molecule has 0 aromatic heterocycles. The van der Waals surface area contributed by atoms with E-state index in [1.165, 1.54) is 17.8 Å². The summed E-state index contributed by atoms with van der Waals surface area (Å²) < 4.78 is 0. The van der Waals surface area contributed by atoms with E-state index < -0.39 is 0 Å². The maximum atomic E-state index is 11.0. The van der Waals surface area contributed by atoms with Crippen molar-refractivity contribution >= 4 is 17.4 Å². The summed E-state index contributed by atoms with van der Waals surface area (Å²) >= 11 is 1.38. The number of para-hydroxylation sites is 1. The van der Waals surface area contributed by atoms with Gasteiger partial charge >= 0.3 is 0 Å². The molecule has 0 aliphatic carbocycles. The Morgan fingerprint density at radius 2 is 1.95 bits per heavy atom. The molecule has 2 aromatic carbocycles. The number of nitrogens with two attached hydrogens (primary N) is 1. The Bertz CT molecular complexity index is 600. The fraction of sp³-hybridized carbons (Fsp3) is 0.143. The van der Waals surface area contributed by atoms with Crippen LogP contribution in [0.2, 0.25) is 0 Å². The van der Waals surface area contributed by atoms with E-state index in [-0.39, 0.29) is 16.7 Å². The molecule has 0 saturated heterocycles. The third kappa shape index (κ3) is 3.33. The smallest absolute Gasteiger partial charge is 0.283 e. The number of nitrogens with zero attached hydrogens (tertiary/aromatic N) is 1. The molecule has 0 unspecified atom stereocenters. The summed E-state index contributed by atoms with van der Waals surface area (Å²) in [5.74, 6) is 0. The number of hydrogen-bond acceptors (Lipinski definition) is 4. The first kappa shape index (κ1) is 13.6. The lowest BCUT2D eigenvalue weighted by Crippen LogP contribution is -2.04. The van der Waals surface area contributed by atoms with Gasteiger partial charge in [0.1, 0.15) is 0 Å². The zero-order valence-electron chi connectivity index (χ0n) is 10.4. The monoisotopic (exact) mass is 274 g/mol. The van der Waals surface area contributed by atoms with E-state index in [2.05, 4.69) is 0 Å². The number of benzene rings is 2. The van der Waals surface area contributed by atoms with Crippen LogP contribution >= 0.6 is 11.8 Å². The molecular formula is C14H14N2O2S. The van der Waals surface area contributed by atoms with Gasteiger partial charge < -0.3 is 5.73 Å². The van der Waals surface area contributed by atoms with Crippen LogP contribution in [0.5, 0.6) is 0 Å². The van der Waals surface area contributed by atoms with Crippen molar-refractivity contribution in [2.45, 2.75) is 22.8 Å². The minimum absolute atomic E-state index is 0.0497. The van der Waals surface area contributed by atoms with E-state index in [4.69, 9.17) is 5.73 Å². The fourth-order valence-corrected chi connectivity index (χ4v) is 2.67. The van der Waals surface area contributed by atoms with Crippen molar-refractivity contribution in [3.05, 3.63) is 64.2 Å².